The lowest BCUT2D eigenvalue weighted by Crippen LogP contribution is -2.18. The van der Waals surface area contributed by atoms with Crippen molar-refractivity contribution in [1.29, 1.82) is 0 Å². The highest BCUT2D eigenvalue weighted by Crippen LogP contribution is 2.18. The second-order valence-corrected chi connectivity index (χ2v) is 13.6. The van der Waals surface area contributed by atoms with Crippen LogP contribution >= 0.6 is 0 Å². The monoisotopic (exact) mass is 642 g/mol. The Bertz CT molecular complexity index is 750. The van der Waals surface area contributed by atoms with Gasteiger partial charge in [0, 0.05) is 6.42 Å². The summed E-state index contributed by atoms with van der Waals surface area (Å²) in [6.07, 6.45) is 50.2. The summed E-state index contributed by atoms with van der Waals surface area (Å²) in [7, 11) is 1.97. The normalized spacial score (nSPS) is 13.1. The van der Waals surface area contributed by atoms with Gasteiger partial charge in [0.05, 0.1) is 0 Å². The van der Waals surface area contributed by atoms with Gasteiger partial charge in [-0.25, -0.2) is 0 Å². The summed E-state index contributed by atoms with van der Waals surface area (Å²) in [5.41, 5.74) is 1.51. The number of esters is 1. The van der Waals surface area contributed by atoms with Gasteiger partial charge in [-0.1, -0.05) is 133 Å². The lowest BCUT2D eigenvalue weighted by Gasteiger charge is -2.18. The summed E-state index contributed by atoms with van der Waals surface area (Å²) in [6.45, 7) is 7.77. The number of hydrogen-bond acceptors (Lipinski definition) is 3. The van der Waals surface area contributed by atoms with Gasteiger partial charge in [-0.05, 0) is 123 Å². The third-order valence-corrected chi connectivity index (χ3v) is 8.89. The Hall–Kier alpha value is -1.61. The number of nitrogens with one attached hydrogen (secondary N) is 1. The highest BCUT2D eigenvalue weighted by atomic mass is 16.5. The molecule has 0 radical (unpaired) electrons. The van der Waals surface area contributed by atoms with Crippen LogP contribution in [0.25, 0.3) is 0 Å². The first-order chi connectivity index (χ1) is 22.6. The molecule has 1 atom stereocenters. The molecule has 0 aliphatic rings. The molecule has 0 bridgehead atoms. The average Bonchev–Trinajstić information content (AvgIpc) is 3.05. The summed E-state index contributed by atoms with van der Waals surface area (Å²) in [4.78, 5) is 12.5. The van der Waals surface area contributed by atoms with E-state index in [9.17, 15) is 4.79 Å². The minimum absolute atomic E-state index is 0.0130. The Morgan fingerprint density at radius 2 is 1.09 bits per heavy atom. The predicted molar refractivity (Wildman–Crippen MR) is 206 cm³/mol. The lowest BCUT2D eigenvalue weighted by atomic mass is 10.0. The number of rotatable bonds is 35. The molecule has 0 saturated heterocycles. The molecular formula is C43H79NO2. The number of allylic oxidation sites excluding steroid dienone is 8. The molecule has 3 heteroatoms. The van der Waals surface area contributed by atoms with Gasteiger partial charge in [0.1, 0.15) is 6.10 Å². The maximum absolute atomic E-state index is 12.5. The van der Waals surface area contributed by atoms with Crippen LogP contribution in [-0.4, -0.2) is 25.7 Å². The molecule has 1 unspecified atom stereocenters. The van der Waals surface area contributed by atoms with Crippen LogP contribution in [0.2, 0.25) is 0 Å². The first kappa shape index (κ1) is 44.4. The van der Waals surface area contributed by atoms with Crippen LogP contribution in [0.4, 0.5) is 0 Å². The van der Waals surface area contributed by atoms with Gasteiger partial charge in [0.15, 0.2) is 0 Å². The van der Waals surface area contributed by atoms with Gasteiger partial charge in [-0.2, -0.15) is 0 Å². The van der Waals surface area contributed by atoms with Crippen LogP contribution in [0.3, 0.4) is 0 Å². The third-order valence-electron chi connectivity index (χ3n) is 8.89. The molecule has 0 aromatic heterocycles. The lowest BCUT2D eigenvalue weighted by molar-refractivity contribution is -0.150. The number of ether oxygens (including phenoxy) is 1. The van der Waals surface area contributed by atoms with Crippen molar-refractivity contribution in [3.8, 4) is 0 Å². The van der Waals surface area contributed by atoms with Crippen LogP contribution in [0.5, 0.6) is 0 Å². The Morgan fingerprint density at radius 3 is 1.65 bits per heavy atom. The Balaban J connectivity index is 4.09. The molecular weight excluding hydrogens is 562 g/mol. The largest absolute Gasteiger partial charge is 0.462 e. The quantitative estimate of drug-likeness (QED) is 0.0425. The second kappa shape index (κ2) is 37.8. The van der Waals surface area contributed by atoms with E-state index in [1.807, 2.05) is 7.05 Å². The molecule has 0 aromatic carbocycles. The summed E-state index contributed by atoms with van der Waals surface area (Å²) in [5.74, 6) is 0.0130. The van der Waals surface area contributed by atoms with Crippen molar-refractivity contribution in [3.05, 3.63) is 48.1 Å². The van der Waals surface area contributed by atoms with Crippen molar-refractivity contribution in [3.63, 3.8) is 0 Å². The van der Waals surface area contributed by atoms with E-state index < -0.39 is 0 Å². The van der Waals surface area contributed by atoms with E-state index in [0.717, 1.165) is 45.1 Å². The average molecular weight is 642 g/mol. The predicted octanol–water partition coefficient (Wildman–Crippen LogP) is 13.7. The third kappa shape index (κ3) is 35.2. The zero-order chi connectivity index (χ0) is 33.6. The van der Waals surface area contributed by atoms with Crippen molar-refractivity contribution < 1.29 is 9.53 Å². The van der Waals surface area contributed by atoms with Crippen LogP contribution in [0.15, 0.2) is 48.1 Å². The molecule has 46 heavy (non-hydrogen) atoms. The SMILES string of the molecule is CCCCC/C=C\C/C=C\CCCCCCCC(CCCCCCCC/C=C(/C)C/C=C\CCCCC)OC(=O)CCCCNC. The fraction of sp³-hybridized carbons (Fsp3) is 0.791. The molecule has 1 N–H and O–H groups in total. The Labute approximate surface area is 288 Å². The molecule has 0 amide bonds. The van der Waals surface area contributed by atoms with Crippen LogP contribution in [-0.2, 0) is 9.53 Å². The van der Waals surface area contributed by atoms with E-state index in [0.29, 0.717) is 6.42 Å². The number of unbranched alkanes of at least 4 members (excludes halogenated alkanes) is 18. The number of carbonyl (C=O) groups excluding carboxylic acids is 1. The molecule has 0 aliphatic heterocycles. The van der Waals surface area contributed by atoms with E-state index in [4.69, 9.17) is 4.74 Å². The number of carbonyl (C=O) groups is 1. The van der Waals surface area contributed by atoms with Crippen LogP contribution in [0, 0.1) is 0 Å². The van der Waals surface area contributed by atoms with Crippen molar-refractivity contribution in [1.82, 2.24) is 5.32 Å². The van der Waals surface area contributed by atoms with Gasteiger partial charge in [-0.3, -0.25) is 4.79 Å². The highest BCUT2D eigenvalue weighted by Gasteiger charge is 2.14. The molecule has 268 valence electrons. The second-order valence-electron chi connectivity index (χ2n) is 13.6. The molecule has 0 aliphatic carbocycles. The van der Waals surface area contributed by atoms with E-state index in [-0.39, 0.29) is 12.1 Å². The highest BCUT2D eigenvalue weighted by molar-refractivity contribution is 5.69. The molecule has 0 saturated carbocycles. The smallest absolute Gasteiger partial charge is 0.306 e. The zero-order valence-electron chi connectivity index (χ0n) is 31.4. The summed E-state index contributed by atoms with van der Waals surface area (Å²) >= 11 is 0. The van der Waals surface area contributed by atoms with E-state index >= 15 is 0 Å². The van der Waals surface area contributed by atoms with Gasteiger partial charge < -0.3 is 10.1 Å². The fourth-order valence-electron chi connectivity index (χ4n) is 5.82. The molecule has 3 nitrogen and oxygen atoms in total. The molecule has 0 rings (SSSR count). The summed E-state index contributed by atoms with van der Waals surface area (Å²) in [6, 6.07) is 0. The van der Waals surface area contributed by atoms with Crippen molar-refractivity contribution in [2.75, 3.05) is 13.6 Å². The Kier molecular flexibility index (Phi) is 36.5. The first-order valence-electron chi connectivity index (χ1n) is 20.1. The minimum atomic E-state index is 0.0130. The summed E-state index contributed by atoms with van der Waals surface area (Å²) < 4.78 is 6.00. The van der Waals surface area contributed by atoms with Crippen molar-refractivity contribution in [2.24, 2.45) is 0 Å². The zero-order valence-corrected chi connectivity index (χ0v) is 31.4. The molecule has 0 heterocycles. The van der Waals surface area contributed by atoms with Crippen molar-refractivity contribution >= 4 is 5.97 Å². The van der Waals surface area contributed by atoms with Crippen LogP contribution < -0.4 is 5.32 Å². The topological polar surface area (TPSA) is 38.3 Å². The van der Waals surface area contributed by atoms with Crippen LogP contribution in [0.1, 0.15) is 201 Å². The molecule has 0 fully saturated rings. The van der Waals surface area contributed by atoms with E-state index in [2.05, 4.69) is 68.6 Å². The fourth-order valence-corrected chi connectivity index (χ4v) is 5.82. The van der Waals surface area contributed by atoms with Gasteiger partial charge in [0.2, 0.25) is 0 Å². The molecule has 0 spiro atoms. The van der Waals surface area contributed by atoms with Gasteiger partial charge in [0.25, 0.3) is 0 Å². The van der Waals surface area contributed by atoms with Gasteiger partial charge in [-0.15, -0.1) is 0 Å². The minimum Gasteiger partial charge on any atom is -0.462 e. The standard InChI is InChI=1S/C43H79NO2/c1-5-7-9-11-13-14-15-16-17-18-19-20-23-27-31-37-42(46-43(45)39-33-34-40-44-4)38-32-28-24-21-22-26-30-36-41(3)35-29-25-12-10-8-6-2/h13-14,16-17,25,29,36,42,44H,5-12,15,18-24,26-28,30-35,37-40H2,1-4H3/b14-13-,17-16-,29-25-,41-36-. The first-order valence-corrected chi connectivity index (χ1v) is 20.1. The van der Waals surface area contributed by atoms with Gasteiger partial charge >= 0.3 is 5.97 Å². The Morgan fingerprint density at radius 1 is 0.587 bits per heavy atom. The summed E-state index contributed by atoms with van der Waals surface area (Å²) in [5, 5.41) is 3.16. The van der Waals surface area contributed by atoms with E-state index in [1.54, 1.807) is 0 Å². The van der Waals surface area contributed by atoms with E-state index in [1.165, 1.54) is 140 Å². The van der Waals surface area contributed by atoms with Crippen molar-refractivity contribution in [2.45, 2.75) is 207 Å². The maximum atomic E-state index is 12.5. The number of hydrogen-bond donors (Lipinski definition) is 1. The molecule has 0 aromatic rings. The maximum Gasteiger partial charge on any atom is 0.306 e.